The molecule has 9 heteroatoms. The monoisotopic (exact) mass is 313 g/mol. The Morgan fingerprint density at radius 3 is 2.36 bits per heavy atom. The summed E-state index contributed by atoms with van der Waals surface area (Å²) in [5.41, 5.74) is -2.19. The highest BCUT2D eigenvalue weighted by Crippen LogP contribution is 2.27. The molecule has 1 heterocycles. The van der Waals surface area contributed by atoms with Crippen molar-refractivity contribution < 1.29 is 22.9 Å². The van der Waals surface area contributed by atoms with E-state index in [4.69, 9.17) is 5.26 Å². The van der Waals surface area contributed by atoms with Gasteiger partial charge in [0.05, 0.1) is 16.6 Å². The van der Waals surface area contributed by atoms with E-state index in [0.29, 0.717) is 18.9 Å². The summed E-state index contributed by atoms with van der Waals surface area (Å²) in [6, 6.07) is 2.44. The number of nitrogens with zero attached hydrogens (tertiary/aromatic N) is 3. The van der Waals surface area contributed by atoms with Gasteiger partial charge in [-0.1, -0.05) is 0 Å². The molecule has 1 amide bonds. The van der Waals surface area contributed by atoms with Crippen LogP contribution < -0.4 is 0 Å². The number of carbonyl (C=O) groups is 1. The lowest BCUT2D eigenvalue weighted by atomic mass is 9.98. The van der Waals surface area contributed by atoms with Crippen LogP contribution in [0.25, 0.3) is 0 Å². The zero-order valence-electron chi connectivity index (χ0n) is 11.2. The lowest BCUT2D eigenvalue weighted by molar-refractivity contribution is -0.387. The van der Waals surface area contributed by atoms with E-state index in [9.17, 15) is 28.1 Å². The maximum Gasteiger partial charge on any atom is 0.308 e. The highest BCUT2D eigenvalue weighted by atomic mass is 19.2. The van der Waals surface area contributed by atoms with Gasteiger partial charge in [0.15, 0.2) is 5.82 Å². The molecule has 1 aliphatic heterocycles. The van der Waals surface area contributed by atoms with Crippen LogP contribution in [-0.4, -0.2) is 28.8 Å². The first kappa shape index (κ1) is 15.8. The van der Waals surface area contributed by atoms with Gasteiger partial charge in [0.2, 0.25) is 11.6 Å². The number of carbonyl (C=O) groups excluding carboxylic acids is 1. The first-order chi connectivity index (χ1) is 10.4. The molecule has 116 valence electrons. The number of piperidine rings is 1. The van der Waals surface area contributed by atoms with Gasteiger partial charge in [0.25, 0.3) is 5.91 Å². The zero-order valence-corrected chi connectivity index (χ0v) is 11.2. The van der Waals surface area contributed by atoms with Crippen LogP contribution in [0.1, 0.15) is 23.2 Å². The molecule has 0 bridgehead atoms. The minimum atomic E-state index is -2.05. The molecule has 1 fully saturated rings. The number of benzene rings is 1. The number of rotatable bonds is 2. The van der Waals surface area contributed by atoms with Crippen LogP contribution in [-0.2, 0) is 0 Å². The Morgan fingerprint density at radius 1 is 1.27 bits per heavy atom. The SMILES string of the molecule is N#CC1CCN(C(=O)c2cc([N+](=O)[O-])c(F)c(F)c2F)CC1. The normalized spacial score (nSPS) is 15.5. The topological polar surface area (TPSA) is 87.2 Å². The van der Waals surface area contributed by atoms with Crippen molar-refractivity contribution in [2.24, 2.45) is 5.92 Å². The van der Waals surface area contributed by atoms with Crippen molar-refractivity contribution in [1.82, 2.24) is 4.90 Å². The van der Waals surface area contributed by atoms with Gasteiger partial charge in [-0.15, -0.1) is 0 Å². The van der Waals surface area contributed by atoms with Gasteiger partial charge in [-0.05, 0) is 12.8 Å². The molecule has 0 N–H and O–H groups in total. The van der Waals surface area contributed by atoms with Crippen molar-refractivity contribution in [2.75, 3.05) is 13.1 Å². The van der Waals surface area contributed by atoms with Crippen molar-refractivity contribution in [1.29, 1.82) is 5.26 Å². The van der Waals surface area contributed by atoms with E-state index in [1.165, 1.54) is 0 Å². The Balaban J connectivity index is 2.35. The molecule has 0 aromatic heterocycles. The first-order valence-electron chi connectivity index (χ1n) is 6.37. The Morgan fingerprint density at radius 2 is 1.86 bits per heavy atom. The molecule has 0 atom stereocenters. The summed E-state index contributed by atoms with van der Waals surface area (Å²) < 4.78 is 40.4. The largest absolute Gasteiger partial charge is 0.338 e. The molecule has 0 aliphatic carbocycles. The van der Waals surface area contributed by atoms with Crippen molar-refractivity contribution in [2.45, 2.75) is 12.8 Å². The predicted molar refractivity (Wildman–Crippen MR) is 67.2 cm³/mol. The van der Waals surface area contributed by atoms with Crippen LogP contribution in [0, 0.1) is 44.8 Å². The summed E-state index contributed by atoms with van der Waals surface area (Å²) in [4.78, 5) is 22.7. The average molecular weight is 313 g/mol. The molecule has 22 heavy (non-hydrogen) atoms. The van der Waals surface area contributed by atoms with Crippen LogP contribution in [0.2, 0.25) is 0 Å². The fourth-order valence-electron chi connectivity index (χ4n) is 2.26. The van der Waals surface area contributed by atoms with Crippen LogP contribution in [0.4, 0.5) is 18.9 Å². The molecule has 2 rings (SSSR count). The van der Waals surface area contributed by atoms with Crippen molar-refractivity contribution in [3.8, 4) is 6.07 Å². The second-order valence-corrected chi connectivity index (χ2v) is 4.84. The Kier molecular flexibility index (Phi) is 4.30. The molecule has 1 aromatic carbocycles. The van der Waals surface area contributed by atoms with Crippen molar-refractivity contribution in [3.05, 3.63) is 39.2 Å². The number of likely N-dealkylation sites (tertiary alicyclic amines) is 1. The number of hydrogen-bond acceptors (Lipinski definition) is 4. The van der Waals surface area contributed by atoms with Crippen LogP contribution in [0.5, 0.6) is 0 Å². The second-order valence-electron chi connectivity index (χ2n) is 4.84. The fraction of sp³-hybridized carbons (Fsp3) is 0.385. The van der Waals surface area contributed by atoms with Crippen LogP contribution in [0.3, 0.4) is 0 Å². The highest BCUT2D eigenvalue weighted by Gasteiger charge is 2.31. The third-order valence-corrected chi connectivity index (χ3v) is 3.52. The molecule has 0 saturated carbocycles. The van der Waals surface area contributed by atoms with Crippen LogP contribution >= 0.6 is 0 Å². The summed E-state index contributed by atoms with van der Waals surface area (Å²) in [6.45, 7) is 0.284. The Bertz CT molecular complexity index is 679. The number of nitriles is 1. The molecule has 0 radical (unpaired) electrons. The molecular weight excluding hydrogens is 303 g/mol. The smallest absolute Gasteiger partial charge is 0.308 e. The van der Waals surface area contributed by atoms with E-state index in [2.05, 4.69) is 0 Å². The molecule has 1 aromatic rings. The van der Waals surface area contributed by atoms with Gasteiger partial charge < -0.3 is 4.90 Å². The third-order valence-electron chi connectivity index (χ3n) is 3.52. The first-order valence-corrected chi connectivity index (χ1v) is 6.37. The Labute approximate surface area is 122 Å². The average Bonchev–Trinajstić information content (AvgIpc) is 2.52. The summed E-state index contributed by atoms with van der Waals surface area (Å²) >= 11 is 0. The van der Waals surface area contributed by atoms with Gasteiger partial charge in [-0.2, -0.15) is 9.65 Å². The predicted octanol–water partition coefficient (Wildman–Crippen LogP) is 2.39. The molecule has 0 spiro atoms. The lowest BCUT2D eigenvalue weighted by Gasteiger charge is -2.29. The molecule has 6 nitrogen and oxygen atoms in total. The van der Waals surface area contributed by atoms with Crippen molar-refractivity contribution in [3.63, 3.8) is 0 Å². The summed E-state index contributed by atoms with van der Waals surface area (Å²) in [5.74, 6) is -6.94. The van der Waals surface area contributed by atoms with E-state index >= 15 is 0 Å². The standard InChI is InChI=1S/C13H10F3N3O3/c14-10-8(5-9(19(21)22)11(15)12(10)16)13(20)18-3-1-7(6-17)2-4-18/h5,7H,1-4H2. The van der Waals surface area contributed by atoms with E-state index < -0.39 is 39.5 Å². The number of nitro groups is 1. The van der Waals surface area contributed by atoms with Gasteiger partial charge >= 0.3 is 5.69 Å². The lowest BCUT2D eigenvalue weighted by Crippen LogP contribution is -2.38. The van der Waals surface area contributed by atoms with E-state index in [0.717, 1.165) is 4.90 Å². The minimum Gasteiger partial charge on any atom is -0.338 e. The van der Waals surface area contributed by atoms with Crippen molar-refractivity contribution >= 4 is 11.6 Å². The number of halogens is 3. The number of nitro benzene ring substituents is 1. The van der Waals surface area contributed by atoms with Gasteiger partial charge in [-0.3, -0.25) is 14.9 Å². The summed E-state index contributed by atoms with van der Waals surface area (Å²) in [5, 5.41) is 19.4. The molecule has 1 saturated heterocycles. The minimum absolute atomic E-state index is 0.142. The van der Waals surface area contributed by atoms with Gasteiger partial charge in [-0.25, -0.2) is 8.78 Å². The van der Waals surface area contributed by atoms with Gasteiger partial charge in [0.1, 0.15) is 0 Å². The number of hydrogen-bond donors (Lipinski definition) is 0. The van der Waals surface area contributed by atoms with E-state index in [1.807, 2.05) is 6.07 Å². The maximum atomic E-state index is 13.7. The fourth-order valence-corrected chi connectivity index (χ4v) is 2.26. The van der Waals surface area contributed by atoms with E-state index in [1.54, 1.807) is 0 Å². The highest BCUT2D eigenvalue weighted by molar-refractivity contribution is 5.95. The molecule has 0 unspecified atom stereocenters. The zero-order chi connectivity index (χ0) is 16.4. The molecular formula is C13H10F3N3O3. The summed E-state index contributed by atoms with van der Waals surface area (Å²) in [6.07, 6.45) is 0.741. The quantitative estimate of drug-likeness (QED) is 0.476. The Hall–Kier alpha value is -2.63. The maximum absolute atomic E-state index is 13.7. The van der Waals surface area contributed by atoms with E-state index in [-0.39, 0.29) is 19.0 Å². The molecule has 1 aliphatic rings. The third kappa shape index (κ3) is 2.72. The van der Waals surface area contributed by atoms with Crippen LogP contribution in [0.15, 0.2) is 6.07 Å². The second kappa shape index (κ2) is 6.01. The number of amides is 1. The summed E-state index contributed by atoms with van der Waals surface area (Å²) in [7, 11) is 0. The van der Waals surface area contributed by atoms with Gasteiger partial charge in [0, 0.05) is 25.1 Å².